The van der Waals surface area contributed by atoms with Crippen molar-refractivity contribution < 1.29 is 9.90 Å². The molecule has 0 unspecified atom stereocenters. The van der Waals surface area contributed by atoms with Crippen LogP contribution in [-0.2, 0) is 4.79 Å². The fraction of sp³-hybridized carbons (Fsp3) is 0.750. The van der Waals surface area contributed by atoms with Gasteiger partial charge in [-0.2, -0.15) is 0 Å². The molecule has 1 N–H and O–H groups in total. The number of carbonyl (C=O) groups is 1. The van der Waals surface area contributed by atoms with Crippen LogP contribution in [0.15, 0.2) is 23.8 Å². The van der Waals surface area contributed by atoms with E-state index in [1.165, 1.54) is 12.8 Å². The summed E-state index contributed by atoms with van der Waals surface area (Å²) in [4.78, 5) is 12.9. The number of hydrogen-bond acceptors (Lipinski definition) is 2. The molecule has 0 aromatic heterocycles. The average molecular weight is 302 g/mol. The maximum atomic E-state index is 12.9. The molecule has 3 rings (SSSR count). The molecular formula is C20H30O2. The first kappa shape index (κ1) is 16.0. The van der Waals surface area contributed by atoms with E-state index in [1.54, 1.807) is 0 Å². The summed E-state index contributed by atoms with van der Waals surface area (Å²) in [7, 11) is 0. The molecule has 0 saturated heterocycles. The van der Waals surface area contributed by atoms with Gasteiger partial charge in [0.1, 0.15) is 0 Å². The number of Topliss-reactive ketones (excluding diaryl/α,β-unsaturated/α-hetero) is 1. The highest BCUT2D eigenvalue weighted by molar-refractivity contribution is 5.98. The first-order valence-corrected chi connectivity index (χ1v) is 8.71. The van der Waals surface area contributed by atoms with Crippen molar-refractivity contribution in [2.45, 2.75) is 72.3 Å². The molecule has 4 atom stereocenters. The zero-order valence-electron chi connectivity index (χ0n) is 14.5. The molecule has 1 fully saturated rings. The second kappa shape index (κ2) is 4.80. The normalized spacial score (nSPS) is 44.3. The van der Waals surface area contributed by atoms with E-state index in [1.807, 2.05) is 6.08 Å². The first-order chi connectivity index (χ1) is 10.1. The highest BCUT2D eigenvalue weighted by Gasteiger charge is 2.56. The third-order valence-corrected chi connectivity index (χ3v) is 6.96. The summed E-state index contributed by atoms with van der Waals surface area (Å²) in [6.45, 7) is 13.0. The third kappa shape index (κ3) is 2.14. The molecular weight excluding hydrogens is 272 g/mol. The number of rotatable bonds is 1. The third-order valence-electron chi connectivity index (χ3n) is 6.96. The lowest BCUT2D eigenvalue weighted by molar-refractivity contribution is -0.124. The van der Waals surface area contributed by atoms with Gasteiger partial charge in [0.15, 0.2) is 5.78 Å². The van der Waals surface area contributed by atoms with Gasteiger partial charge in [0.2, 0.25) is 0 Å². The summed E-state index contributed by atoms with van der Waals surface area (Å²) in [6, 6.07) is 0. The molecule has 3 aliphatic carbocycles. The second-order valence-electron chi connectivity index (χ2n) is 9.09. The van der Waals surface area contributed by atoms with Crippen molar-refractivity contribution in [2.75, 3.05) is 0 Å². The van der Waals surface area contributed by atoms with E-state index in [2.05, 4.69) is 34.3 Å². The Morgan fingerprint density at radius 1 is 1.23 bits per heavy atom. The number of aliphatic hydroxyl groups is 1. The molecule has 22 heavy (non-hydrogen) atoms. The summed E-state index contributed by atoms with van der Waals surface area (Å²) >= 11 is 0. The van der Waals surface area contributed by atoms with E-state index >= 15 is 0 Å². The molecule has 1 saturated carbocycles. The zero-order chi connectivity index (χ0) is 16.3. The fourth-order valence-corrected chi connectivity index (χ4v) is 5.70. The van der Waals surface area contributed by atoms with Gasteiger partial charge >= 0.3 is 0 Å². The summed E-state index contributed by atoms with van der Waals surface area (Å²) in [5.41, 5.74) is 2.03. The largest absolute Gasteiger partial charge is 0.389 e. The number of allylic oxidation sites excluding steroid dienone is 2. The molecule has 0 heterocycles. The second-order valence-corrected chi connectivity index (χ2v) is 9.09. The van der Waals surface area contributed by atoms with Crippen molar-refractivity contribution in [1.29, 1.82) is 0 Å². The molecule has 0 spiro atoms. The van der Waals surface area contributed by atoms with Crippen LogP contribution >= 0.6 is 0 Å². The molecule has 0 radical (unpaired) electrons. The van der Waals surface area contributed by atoms with E-state index < -0.39 is 6.10 Å². The predicted molar refractivity (Wildman–Crippen MR) is 89.4 cm³/mol. The van der Waals surface area contributed by atoms with Crippen molar-refractivity contribution in [3.05, 3.63) is 23.8 Å². The van der Waals surface area contributed by atoms with Gasteiger partial charge in [0, 0.05) is 6.42 Å². The number of carbonyl (C=O) groups excluding carboxylic acids is 1. The number of aliphatic hydroxyl groups excluding tert-OH is 1. The van der Waals surface area contributed by atoms with Crippen LogP contribution in [0.25, 0.3) is 0 Å². The van der Waals surface area contributed by atoms with Gasteiger partial charge in [0.05, 0.1) is 6.10 Å². The molecule has 0 aromatic carbocycles. The molecule has 0 amide bonds. The smallest absolute Gasteiger partial charge is 0.159 e. The highest BCUT2D eigenvalue weighted by Crippen LogP contribution is 2.62. The molecule has 3 aliphatic rings. The lowest BCUT2D eigenvalue weighted by atomic mass is 9.47. The number of hydrogen-bond donors (Lipinski definition) is 1. The van der Waals surface area contributed by atoms with E-state index in [9.17, 15) is 9.90 Å². The summed E-state index contributed by atoms with van der Waals surface area (Å²) in [5.74, 6) is 0.641. The summed E-state index contributed by atoms with van der Waals surface area (Å²) < 4.78 is 0. The Kier molecular flexibility index (Phi) is 3.49. The molecule has 0 aliphatic heterocycles. The van der Waals surface area contributed by atoms with Crippen LogP contribution in [0.1, 0.15) is 66.2 Å². The Morgan fingerprint density at radius 2 is 1.91 bits per heavy atom. The van der Waals surface area contributed by atoms with Crippen LogP contribution in [0, 0.1) is 22.2 Å². The molecule has 0 bridgehead atoms. The number of ketones is 1. The van der Waals surface area contributed by atoms with Gasteiger partial charge in [-0.25, -0.2) is 0 Å². The lowest BCUT2D eigenvalue weighted by Gasteiger charge is -2.57. The summed E-state index contributed by atoms with van der Waals surface area (Å²) in [6.07, 6.45) is 7.03. The Hall–Kier alpha value is -0.890. The Labute approximate surface area is 134 Å². The summed E-state index contributed by atoms with van der Waals surface area (Å²) in [5, 5.41) is 10.9. The quantitative estimate of drug-likeness (QED) is 0.727. The van der Waals surface area contributed by atoms with E-state index in [0.29, 0.717) is 18.8 Å². The standard InChI is InChI=1S/C20H30O2/c1-6-19(4)11-13-14(21)10-16-18(2,3)8-7-9-20(16,5)17(13)15(22)12-19/h6,15-16,22H,1,7-12H2,2-5H3/t15-,16-,19+,20-/m0/s1. The van der Waals surface area contributed by atoms with E-state index in [0.717, 1.165) is 24.0 Å². The van der Waals surface area contributed by atoms with Crippen molar-refractivity contribution in [1.82, 2.24) is 0 Å². The van der Waals surface area contributed by atoms with Crippen molar-refractivity contribution >= 4 is 5.78 Å². The van der Waals surface area contributed by atoms with Crippen LogP contribution in [0.5, 0.6) is 0 Å². The van der Waals surface area contributed by atoms with Crippen molar-refractivity contribution in [3.63, 3.8) is 0 Å². The van der Waals surface area contributed by atoms with Gasteiger partial charge in [-0.05, 0) is 59.0 Å². The van der Waals surface area contributed by atoms with Crippen molar-refractivity contribution in [3.8, 4) is 0 Å². The van der Waals surface area contributed by atoms with Crippen LogP contribution in [0.4, 0.5) is 0 Å². The van der Waals surface area contributed by atoms with E-state index in [4.69, 9.17) is 0 Å². The van der Waals surface area contributed by atoms with Crippen LogP contribution < -0.4 is 0 Å². The Balaban J connectivity index is 2.13. The van der Waals surface area contributed by atoms with Crippen molar-refractivity contribution in [2.24, 2.45) is 22.2 Å². The van der Waals surface area contributed by atoms with Gasteiger partial charge < -0.3 is 5.11 Å². The highest BCUT2D eigenvalue weighted by atomic mass is 16.3. The minimum absolute atomic E-state index is 0.00703. The monoisotopic (exact) mass is 302 g/mol. The van der Waals surface area contributed by atoms with Gasteiger partial charge in [-0.1, -0.05) is 40.2 Å². The lowest BCUT2D eigenvalue weighted by Crippen LogP contribution is -2.52. The average Bonchev–Trinajstić information content (AvgIpc) is 2.40. The maximum absolute atomic E-state index is 12.9. The molecule has 2 nitrogen and oxygen atoms in total. The molecule has 2 heteroatoms. The van der Waals surface area contributed by atoms with Gasteiger partial charge in [-0.3, -0.25) is 4.79 Å². The van der Waals surface area contributed by atoms with E-state index in [-0.39, 0.29) is 22.0 Å². The van der Waals surface area contributed by atoms with Crippen LogP contribution in [-0.4, -0.2) is 17.0 Å². The minimum Gasteiger partial charge on any atom is -0.389 e. The Bertz CT molecular complexity index is 556. The fourth-order valence-electron chi connectivity index (χ4n) is 5.70. The zero-order valence-corrected chi connectivity index (χ0v) is 14.5. The Morgan fingerprint density at radius 3 is 2.55 bits per heavy atom. The molecule has 0 aromatic rings. The van der Waals surface area contributed by atoms with Gasteiger partial charge in [-0.15, -0.1) is 6.58 Å². The van der Waals surface area contributed by atoms with Gasteiger partial charge in [0.25, 0.3) is 0 Å². The number of fused-ring (bicyclic) bond motifs is 2. The minimum atomic E-state index is -0.489. The predicted octanol–water partition coefficient (Wildman–Crippen LogP) is 4.44. The van der Waals surface area contributed by atoms with Crippen LogP contribution in [0.2, 0.25) is 0 Å². The topological polar surface area (TPSA) is 37.3 Å². The maximum Gasteiger partial charge on any atom is 0.159 e. The SMILES string of the molecule is C=C[C@]1(C)CC2=C([C@@H](O)C1)[C@@]1(C)CCCC(C)(C)[C@@H]1CC2=O. The van der Waals surface area contributed by atoms with Crippen LogP contribution in [0.3, 0.4) is 0 Å². The molecule has 122 valence electrons. The first-order valence-electron chi connectivity index (χ1n) is 8.71.